The van der Waals surface area contributed by atoms with E-state index >= 15 is 0 Å². The van der Waals surface area contributed by atoms with E-state index in [2.05, 4.69) is 37.4 Å². The van der Waals surface area contributed by atoms with E-state index in [1.807, 2.05) is 6.07 Å². The summed E-state index contributed by atoms with van der Waals surface area (Å²) in [5.74, 6) is 0.277. The highest BCUT2D eigenvalue weighted by Gasteiger charge is 2.43. The largest absolute Gasteiger partial charge is 0.375 e. The normalized spacial score (nSPS) is 26.4. The number of ether oxygens (including phenoxy) is 2. The highest BCUT2D eigenvalue weighted by atomic mass is 19.1. The Bertz CT molecular complexity index is 748. The zero-order valence-electron chi connectivity index (χ0n) is 14.0. The van der Waals surface area contributed by atoms with Gasteiger partial charge < -0.3 is 14.8 Å². The van der Waals surface area contributed by atoms with Crippen LogP contribution in [0.1, 0.15) is 55.0 Å². The van der Waals surface area contributed by atoms with Crippen LogP contribution in [0.4, 0.5) is 10.1 Å². The van der Waals surface area contributed by atoms with Gasteiger partial charge in [0.05, 0.1) is 6.04 Å². The number of benzene rings is 2. The monoisotopic (exact) mass is 327 g/mol. The van der Waals surface area contributed by atoms with Crippen molar-refractivity contribution in [1.29, 1.82) is 0 Å². The Morgan fingerprint density at radius 3 is 2.88 bits per heavy atom. The van der Waals surface area contributed by atoms with Gasteiger partial charge in [0.2, 0.25) is 0 Å². The van der Waals surface area contributed by atoms with Crippen molar-refractivity contribution in [2.45, 2.75) is 44.4 Å². The fraction of sp³-hybridized carbons (Fsp3) is 0.400. The summed E-state index contributed by atoms with van der Waals surface area (Å²) in [6.45, 7) is 4.70. The average molecular weight is 327 g/mol. The lowest BCUT2D eigenvalue weighted by atomic mass is 9.86. The summed E-state index contributed by atoms with van der Waals surface area (Å²) in [6.07, 6.45) is 0.842. The number of hydrogen-bond donors (Lipinski definition) is 1. The van der Waals surface area contributed by atoms with Crippen LogP contribution in [-0.4, -0.2) is 12.9 Å². The lowest BCUT2D eigenvalue weighted by Gasteiger charge is -2.35. The van der Waals surface area contributed by atoms with Gasteiger partial charge in [-0.05, 0) is 41.7 Å². The van der Waals surface area contributed by atoms with Gasteiger partial charge in [0.25, 0.3) is 0 Å². The minimum absolute atomic E-state index is 0.112. The number of fused-ring (bicyclic) bond motifs is 3. The number of hydrogen-bond acceptors (Lipinski definition) is 3. The van der Waals surface area contributed by atoms with Crippen LogP contribution < -0.4 is 5.32 Å². The van der Waals surface area contributed by atoms with Gasteiger partial charge in [-0.2, -0.15) is 0 Å². The first-order valence-electron chi connectivity index (χ1n) is 8.56. The maximum atomic E-state index is 13.6. The molecule has 0 spiro atoms. The van der Waals surface area contributed by atoms with Gasteiger partial charge in [-0.1, -0.05) is 38.1 Å². The fourth-order valence-corrected chi connectivity index (χ4v) is 3.62. The fourth-order valence-electron chi connectivity index (χ4n) is 3.62. The van der Waals surface area contributed by atoms with E-state index in [0.29, 0.717) is 5.92 Å². The Balaban J connectivity index is 1.74. The Morgan fingerprint density at radius 2 is 2.08 bits per heavy atom. The number of halogens is 1. The molecule has 2 aliphatic heterocycles. The molecule has 1 N–H and O–H groups in total. The van der Waals surface area contributed by atoms with Crippen LogP contribution in [0, 0.1) is 5.82 Å². The SMILES string of the molecule is CCC(C)c1ccc2c(c1)C1OCOC1C(c1cccc(F)c1)N2. The molecule has 4 atom stereocenters. The van der Waals surface area contributed by atoms with E-state index in [-0.39, 0.29) is 30.9 Å². The molecule has 0 amide bonds. The number of nitrogens with one attached hydrogen (secondary N) is 1. The van der Waals surface area contributed by atoms with Gasteiger partial charge in [0, 0.05) is 11.3 Å². The zero-order valence-corrected chi connectivity index (χ0v) is 14.0. The minimum Gasteiger partial charge on any atom is -0.375 e. The van der Waals surface area contributed by atoms with Crippen LogP contribution in [0.25, 0.3) is 0 Å². The van der Waals surface area contributed by atoms with Crippen molar-refractivity contribution in [1.82, 2.24) is 0 Å². The maximum absolute atomic E-state index is 13.6. The van der Waals surface area contributed by atoms with Crippen molar-refractivity contribution in [2.24, 2.45) is 0 Å². The average Bonchev–Trinajstić information content (AvgIpc) is 3.10. The molecule has 24 heavy (non-hydrogen) atoms. The smallest absolute Gasteiger partial charge is 0.148 e. The summed E-state index contributed by atoms with van der Waals surface area (Å²) >= 11 is 0. The van der Waals surface area contributed by atoms with Crippen LogP contribution in [0.3, 0.4) is 0 Å². The van der Waals surface area contributed by atoms with Gasteiger partial charge in [-0.3, -0.25) is 0 Å². The third-order valence-electron chi connectivity index (χ3n) is 5.22. The lowest BCUT2D eigenvalue weighted by molar-refractivity contribution is 0.0367. The molecule has 0 aliphatic carbocycles. The lowest BCUT2D eigenvalue weighted by Crippen LogP contribution is -2.34. The third-order valence-corrected chi connectivity index (χ3v) is 5.22. The summed E-state index contributed by atoms with van der Waals surface area (Å²) < 4.78 is 25.4. The Kier molecular flexibility index (Phi) is 4.02. The maximum Gasteiger partial charge on any atom is 0.148 e. The van der Waals surface area contributed by atoms with Gasteiger partial charge in [-0.25, -0.2) is 4.39 Å². The van der Waals surface area contributed by atoms with Crippen LogP contribution >= 0.6 is 0 Å². The second-order valence-corrected chi connectivity index (χ2v) is 6.67. The van der Waals surface area contributed by atoms with E-state index in [1.165, 1.54) is 11.6 Å². The number of anilines is 1. The summed E-state index contributed by atoms with van der Waals surface area (Å²) in [6, 6.07) is 13.1. The molecule has 0 radical (unpaired) electrons. The third kappa shape index (κ3) is 2.60. The highest BCUT2D eigenvalue weighted by Crippen LogP contribution is 2.46. The topological polar surface area (TPSA) is 30.5 Å². The van der Waals surface area contributed by atoms with Gasteiger partial charge in [-0.15, -0.1) is 0 Å². The van der Waals surface area contributed by atoms with Crippen LogP contribution in [0.2, 0.25) is 0 Å². The second kappa shape index (κ2) is 6.19. The van der Waals surface area contributed by atoms with Crippen LogP contribution in [0.5, 0.6) is 0 Å². The molecule has 0 saturated carbocycles. The van der Waals surface area contributed by atoms with Crippen molar-refractivity contribution in [3.05, 3.63) is 65.0 Å². The summed E-state index contributed by atoms with van der Waals surface area (Å²) in [5.41, 5.74) is 4.38. The van der Waals surface area contributed by atoms with Crippen molar-refractivity contribution in [3.63, 3.8) is 0 Å². The highest BCUT2D eigenvalue weighted by molar-refractivity contribution is 5.59. The van der Waals surface area contributed by atoms with Gasteiger partial charge in [0.15, 0.2) is 0 Å². The molecule has 3 nitrogen and oxygen atoms in total. The van der Waals surface area contributed by atoms with E-state index in [4.69, 9.17) is 9.47 Å². The van der Waals surface area contributed by atoms with E-state index in [9.17, 15) is 4.39 Å². The van der Waals surface area contributed by atoms with Crippen molar-refractivity contribution in [2.75, 3.05) is 12.1 Å². The molecular formula is C20H22FNO2. The Hall–Kier alpha value is -1.91. The first-order valence-corrected chi connectivity index (χ1v) is 8.56. The molecule has 2 aromatic carbocycles. The van der Waals surface area contributed by atoms with Crippen molar-refractivity contribution < 1.29 is 13.9 Å². The van der Waals surface area contributed by atoms with Gasteiger partial charge >= 0.3 is 0 Å². The molecule has 2 aromatic rings. The van der Waals surface area contributed by atoms with E-state index in [0.717, 1.165) is 23.2 Å². The minimum atomic E-state index is -0.234. The van der Waals surface area contributed by atoms with Gasteiger partial charge in [0.1, 0.15) is 24.8 Å². The standard InChI is InChI=1S/C20H22FNO2/c1-3-12(2)13-7-8-17-16(10-13)19-20(24-11-23-19)18(22-17)14-5-4-6-15(21)9-14/h4-10,12,18-20,22H,3,11H2,1-2H3. The first-order chi connectivity index (χ1) is 11.7. The summed E-state index contributed by atoms with van der Waals surface area (Å²) in [7, 11) is 0. The Morgan fingerprint density at radius 1 is 1.21 bits per heavy atom. The molecule has 0 bridgehead atoms. The molecule has 4 heteroatoms. The molecule has 4 unspecified atom stereocenters. The number of rotatable bonds is 3. The summed E-state index contributed by atoms with van der Waals surface area (Å²) in [4.78, 5) is 0. The van der Waals surface area contributed by atoms with Crippen LogP contribution in [0.15, 0.2) is 42.5 Å². The molecule has 0 aromatic heterocycles. The zero-order chi connectivity index (χ0) is 16.7. The molecule has 1 fully saturated rings. The quantitative estimate of drug-likeness (QED) is 0.868. The second-order valence-electron chi connectivity index (χ2n) is 6.67. The molecule has 2 aliphatic rings. The van der Waals surface area contributed by atoms with E-state index in [1.54, 1.807) is 12.1 Å². The van der Waals surface area contributed by atoms with Crippen LogP contribution in [-0.2, 0) is 9.47 Å². The predicted molar refractivity (Wildman–Crippen MR) is 91.5 cm³/mol. The van der Waals surface area contributed by atoms with E-state index < -0.39 is 0 Å². The molecule has 1 saturated heterocycles. The van der Waals surface area contributed by atoms with Crippen molar-refractivity contribution >= 4 is 5.69 Å². The molecular weight excluding hydrogens is 305 g/mol. The molecule has 2 heterocycles. The Labute approximate surface area is 141 Å². The van der Waals surface area contributed by atoms with Crippen molar-refractivity contribution in [3.8, 4) is 0 Å². The summed E-state index contributed by atoms with van der Waals surface area (Å²) in [5, 5.41) is 3.52. The predicted octanol–water partition coefficient (Wildman–Crippen LogP) is 4.92. The molecule has 4 rings (SSSR count). The molecule has 126 valence electrons. The first kappa shape index (κ1) is 15.6.